The number of rotatable bonds is 7. The fourth-order valence-electron chi connectivity index (χ4n) is 2.90. The zero-order valence-corrected chi connectivity index (χ0v) is 11.6. The first-order valence-corrected chi connectivity index (χ1v) is 6.93. The summed E-state index contributed by atoms with van der Waals surface area (Å²) < 4.78 is 10.5. The van der Waals surface area contributed by atoms with Gasteiger partial charge in [-0.2, -0.15) is 5.06 Å². The molecule has 3 rings (SSSR count). The number of carbonyl (C=O) groups excluding carboxylic acids is 3. The van der Waals surface area contributed by atoms with Crippen LogP contribution >= 0.6 is 0 Å². The molecule has 120 valence electrons. The third kappa shape index (κ3) is 2.52. The second kappa shape index (κ2) is 6.13. The standard InChI is InChI=1S/C13H16N2O7/c16-6-14-9(17)5-20-3-4-21-15-12(18)10-7-1-2-8(22-7)11(10)13(15)19/h1-2,7-8,10-11,16H,3-6H2,(H,14,17). The van der Waals surface area contributed by atoms with Gasteiger partial charge in [-0.25, -0.2) is 0 Å². The highest BCUT2D eigenvalue weighted by Crippen LogP contribution is 2.44. The molecule has 0 aromatic heterocycles. The van der Waals surface area contributed by atoms with Crippen molar-refractivity contribution in [2.45, 2.75) is 12.2 Å². The van der Waals surface area contributed by atoms with Crippen molar-refractivity contribution in [3.63, 3.8) is 0 Å². The van der Waals surface area contributed by atoms with E-state index in [2.05, 4.69) is 5.32 Å². The van der Waals surface area contributed by atoms with E-state index in [1.165, 1.54) is 0 Å². The van der Waals surface area contributed by atoms with Crippen LogP contribution in [0.4, 0.5) is 0 Å². The van der Waals surface area contributed by atoms with Crippen LogP contribution < -0.4 is 5.32 Å². The number of hydrogen-bond acceptors (Lipinski definition) is 7. The fraction of sp³-hybridized carbons (Fsp3) is 0.615. The topological polar surface area (TPSA) is 114 Å². The number of hydroxylamine groups is 2. The lowest BCUT2D eigenvalue weighted by Gasteiger charge is -2.16. The van der Waals surface area contributed by atoms with Gasteiger partial charge >= 0.3 is 0 Å². The number of fused-ring (bicyclic) bond motifs is 5. The molecule has 0 spiro atoms. The van der Waals surface area contributed by atoms with Crippen molar-refractivity contribution in [1.29, 1.82) is 0 Å². The van der Waals surface area contributed by atoms with Crippen LogP contribution in [0.3, 0.4) is 0 Å². The lowest BCUT2D eigenvalue weighted by Crippen LogP contribution is -2.35. The summed E-state index contributed by atoms with van der Waals surface area (Å²) in [4.78, 5) is 40.5. The number of aliphatic hydroxyl groups is 1. The molecular weight excluding hydrogens is 296 g/mol. The molecule has 0 aliphatic carbocycles. The van der Waals surface area contributed by atoms with Crippen LogP contribution in [0.5, 0.6) is 0 Å². The minimum absolute atomic E-state index is 0.0346. The molecular formula is C13H16N2O7. The maximum Gasteiger partial charge on any atom is 0.260 e. The number of carbonyl (C=O) groups is 3. The SMILES string of the molecule is O=C(COCCON1C(=O)C2C3C=CC(O3)C2C1=O)NCO. The van der Waals surface area contributed by atoms with Gasteiger partial charge in [-0.05, 0) is 0 Å². The van der Waals surface area contributed by atoms with Crippen LogP contribution in [0.1, 0.15) is 0 Å². The highest BCUT2D eigenvalue weighted by molar-refractivity contribution is 6.05. The van der Waals surface area contributed by atoms with Crippen LogP contribution in [0.15, 0.2) is 12.2 Å². The van der Waals surface area contributed by atoms with Crippen molar-refractivity contribution in [3.05, 3.63) is 12.2 Å². The average Bonchev–Trinajstić information content (AvgIpc) is 3.16. The Morgan fingerprint density at radius 1 is 1.23 bits per heavy atom. The molecule has 9 heteroatoms. The van der Waals surface area contributed by atoms with Crippen LogP contribution in [0, 0.1) is 11.8 Å². The second-order valence-corrected chi connectivity index (χ2v) is 5.12. The van der Waals surface area contributed by atoms with Crippen LogP contribution in [0.2, 0.25) is 0 Å². The number of amides is 3. The van der Waals surface area contributed by atoms with Gasteiger partial charge in [0.2, 0.25) is 5.91 Å². The van der Waals surface area contributed by atoms with Crippen LogP contribution in [-0.2, 0) is 28.7 Å². The van der Waals surface area contributed by atoms with E-state index < -0.39 is 36.3 Å². The lowest BCUT2D eigenvalue weighted by atomic mass is 9.85. The number of nitrogens with one attached hydrogen (secondary N) is 1. The Hall–Kier alpha value is -1.81. The number of imide groups is 1. The summed E-state index contributed by atoms with van der Waals surface area (Å²) >= 11 is 0. The summed E-state index contributed by atoms with van der Waals surface area (Å²) in [6, 6.07) is 0. The Morgan fingerprint density at radius 3 is 2.45 bits per heavy atom. The van der Waals surface area contributed by atoms with Crippen molar-refractivity contribution >= 4 is 17.7 Å². The van der Waals surface area contributed by atoms with Crippen molar-refractivity contribution in [3.8, 4) is 0 Å². The van der Waals surface area contributed by atoms with E-state index in [4.69, 9.17) is 19.4 Å². The molecule has 22 heavy (non-hydrogen) atoms. The van der Waals surface area contributed by atoms with E-state index in [1.54, 1.807) is 12.2 Å². The predicted octanol–water partition coefficient (Wildman–Crippen LogP) is -2.06. The first kappa shape index (κ1) is 15.1. The highest BCUT2D eigenvalue weighted by Gasteiger charge is 2.61. The normalized spacial score (nSPS) is 32.0. The molecule has 2 fully saturated rings. The Balaban J connectivity index is 1.44. The molecule has 2 bridgehead atoms. The van der Waals surface area contributed by atoms with Crippen LogP contribution in [-0.4, -0.2) is 66.7 Å². The third-order valence-electron chi connectivity index (χ3n) is 3.83. The van der Waals surface area contributed by atoms with Gasteiger partial charge in [-0.15, -0.1) is 0 Å². The summed E-state index contributed by atoms with van der Waals surface area (Å²) in [7, 11) is 0. The van der Waals surface area contributed by atoms with E-state index in [9.17, 15) is 14.4 Å². The molecule has 3 heterocycles. The quantitative estimate of drug-likeness (QED) is 0.240. The molecule has 0 saturated carbocycles. The van der Waals surface area contributed by atoms with Gasteiger partial charge in [-0.3, -0.25) is 19.2 Å². The van der Waals surface area contributed by atoms with Crippen molar-refractivity contribution in [2.75, 3.05) is 26.6 Å². The molecule has 0 aromatic rings. The smallest absolute Gasteiger partial charge is 0.260 e. The Kier molecular flexibility index (Phi) is 4.21. The molecule has 3 aliphatic rings. The van der Waals surface area contributed by atoms with E-state index in [0.29, 0.717) is 0 Å². The number of hydrogen-bond donors (Lipinski definition) is 2. The Morgan fingerprint density at radius 2 is 1.86 bits per heavy atom. The Bertz CT molecular complexity index is 491. The monoisotopic (exact) mass is 312 g/mol. The summed E-state index contributed by atoms with van der Waals surface area (Å²) in [5.41, 5.74) is 0. The number of nitrogens with zero attached hydrogens (tertiary/aromatic N) is 1. The van der Waals surface area contributed by atoms with Gasteiger partial charge in [0.05, 0.1) is 37.3 Å². The van der Waals surface area contributed by atoms with Crippen molar-refractivity contribution in [2.24, 2.45) is 11.8 Å². The minimum Gasteiger partial charge on any atom is -0.376 e. The summed E-state index contributed by atoms with van der Waals surface area (Å²) in [6.45, 7) is -0.699. The largest absolute Gasteiger partial charge is 0.376 e. The maximum atomic E-state index is 12.2. The molecule has 2 saturated heterocycles. The van der Waals surface area contributed by atoms with E-state index in [0.717, 1.165) is 5.06 Å². The van der Waals surface area contributed by atoms with Gasteiger partial charge < -0.3 is 19.9 Å². The van der Waals surface area contributed by atoms with E-state index in [1.807, 2.05) is 0 Å². The molecule has 2 N–H and O–H groups in total. The molecule has 9 nitrogen and oxygen atoms in total. The summed E-state index contributed by atoms with van der Waals surface area (Å²) in [6.07, 6.45) is 2.89. The number of aliphatic hydroxyl groups excluding tert-OH is 1. The zero-order chi connectivity index (χ0) is 15.7. The summed E-state index contributed by atoms with van der Waals surface area (Å²) in [5.74, 6) is -2.27. The molecule has 4 atom stereocenters. The first-order valence-electron chi connectivity index (χ1n) is 6.93. The number of ether oxygens (including phenoxy) is 2. The molecule has 3 amide bonds. The molecule has 4 unspecified atom stereocenters. The van der Waals surface area contributed by atoms with Crippen molar-refractivity contribution < 1.29 is 33.8 Å². The Labute approximate surface area is 125 Å². The van der Waals surface area contributed by atoms with Gasteiger partial charge in [-0.1, -0.05) is 12.2 Å². The average molecular weight is 312 g/mol. The predicted molar refractivity (Wildman–Crippen MR) is 68.6 cm³/mol. The molecule has 0 aromatic carbocycles. The molecule has 0 radical (unpaired) electrons. The second-order valence-electron chi connectivity index (χ2n) is 5.12. The van der Waals surface area contributed by atoms with E-state index in [-0.39, 0.29) is 32.0 Å². The van der Waals surface area contributed by atoms with Gasteiger partial charge in [0, 0.05) is 0 Å². The van der Waals surface area contributed by atoms with Crippen LogP contribution in [0.25, 0.3) is 0 Å². The van der Waals surface area contributed by atoms with Gasteiger partial charge in [0.1, 0.15) is 13.3 Å². The maximum absolute atomic E-state index is 12.2. The highest BCUT2D eigenvalue weighted by atomic mass is 16.7. The lowest BCUT2D eigenvalue weighted by molar-refractivity contribution is -0.195. The molecule has 3 aliphatic heterocycles. The first-order chi connectivity index (χ1) is 10.6. The zero-order valence-electron chi connectivity index (χ0n) is 11.6. The van der Waals surface area contributed by atoms with Crippen molar-refractivity contribution in [1.82, 2.24) is 10.4 Å². The fourth-order valence-corrected chi connectivity index (χ4v) is 2.90. The van der Waals surface area contributed by atoms with Gasteiger partial charge in [0.25, 0.3) is 11.8 Å². The summed E-state index contributed by atoms with van der Waals surface area (Å²) in [5, 5.41) is 11.4. The van der Waals surface area contributed by atoms with E-state index >= 15 is 0 Å². The third-order valence-corrected chi connectivity index (χ3v) is 3.83. The van der Waals surface area contributed by atoms with Gasteiger partial charge in [0.15, 0.2) is 0 Å². The minimum atomic E-state index is -0.501.